The van der Waals surface area contributed by atoms with Crippen LogP contribution in [0.2, 0.25) is 0 Å². The van der Waals surface area contributed by atoms with E-state index in [0.717, 1.165) is 31.7 Å². The van der Waals surface area contributed by atoms with E-state index in [1.807, 2.05) is 27.0 Å². The monoisotopic (exact) mass is 246 g/mol. The van der Waals surface area contributed by atoms with Crippen LogP contribution in [0.4, 0.5) is 5.82 Å². The molecular formula is C15H22N2O. The summed E-state index contributed by atoms with van der Waals surface area (Å²) in [7, 11) is 0. The number of aryl methyl sites for hydroxylation is 1. The molecule has 18 heavy (non-hydrogen) atoms. The van der Waals surface area contributed by atoms with Gasteiger partial charge in [-0.1, -0.05) is 19.9 Å². The van der Waals surface area contributed by atoms with E-state index in [0.29, 0.717) is 5.78 Å². The Hall–Kier alpha value is -1.38. The number of pyridine rings is 1. The van der Waals surface area contributed by atoms with E-state index in [2.05, 4.69) is 22.0 Å². The van der Waals surface area contributed by atoms with Crippen molar-refractivity contribution in [2.24, 2.45) is 11.8 Å². The zero-order valence-electron chi connectivity index (χ0n) is 11.5. The van der Waals surface area contributed by atoms with E-state index < -0.39 is 0 Å². The van der Waals surface area contributed by atoms with Crippen LogP contribution in [0.3, 0.4) is 0 Å². The minimum Gasteiger partial charge on any atom is -0.357 e. The molecule has 0 aromatic carbocycles. The molecule has 0 spiro atoms. The van der Waals surface area contributed by atoms with Crippen LogP contribution in [-0.2, 0) is 4.79 Å². The quantitative estimate of drug-likeness (QED) is 0.822. The maximum Gasteiger partial charge on any atom is 0.138 e. The Labute approximate surface area is 109 Å². The Kier molecular flexibility index (Phi) is 4.00. The molecule has 2 rings (SSSR count). The summed E-state index contributed by atoms with van der Waals surface area (Å²) in [4.78, 5) is 18.7. The number of piperidine rings is 1. The summed E-state index contributed by atoms with van der Waals surface area (Å²) < 4.78 is 0. The van der Waals surface area contributed by atoms with Crippen molar-refractivity contribution in [1.82, 2.24) is 4.98 Å². The second-order valence-electron chi connectivity index (χ2n) is 5.51. The number of hydrogen-bond donors (Lipinski definition) is 0. The highest BCUT2D eigenvalue weighted by Crippen LogP contribution is 2.24. The molecule has 0 amide bonds. The highest BCUT2D eigenvalue weighted by molar-refractivity contribution is 5.83. The van der Waals surface area contributed by atoms with Crippen molar-refractivity contribution in [3.63, 3.8) is 0 Å². The summed E-state index contributed by atoms with van der Waals surface area (Å²) in [6.07, 6.45) is 3.83. The lowest BCUT2D eigenvalue weighted by Gasteiger charge is -2.32. The molecule has 1 aliphatic rings. The number of rotatable bonds is 3. The van der Waals surface area contributed by atoms with Crippen molar-refractivity contribution in [3.05, 3.63) is 23.9 Å². The van der Waals surface area contributed by atoms with Gasteiger partial charge in [-0.05, 0) is 31.4 Å². The van der Waals surface area contributed by atoms with E-state index in [1.165, 1.54) is 5.56 Å². The zero-order valence-corrected chi connectivity index (χ0v) is 11.5. The first-order valence-corrected chi connectivity index (χ1v) is 6.79. The first-order valence-electron chi connectivity index (χ1n) is 6.79. The molecule has 0 radical (unpaired) electrons. The van der Waals surface area contributed by atoms with E-state index in [4.69, 9.17) is 0 Å². The molecule has 98 valence electrons. The van der Waals surface area contributed by atoms with Gasteiger partial charge >= 0.3 is 0 Å². The van der Waals surface area contributed by atoms with Gasteiger partial charge in [-0.3, -0.25) is 4.79 Å². The molecule has 0 atom stereocenters. The summed E-state index contributed by atoms with van der Waals surface area (Å²) in [6, 6.07) is 4.16. The van der Waals surface area contributed by atoms with Gasteiger partial charge in [0, 0.05) is 31.1 Å². The van der Waals surface area contributed by atoms with Gasteiger partial charge < -0.3 is 4.90 Å². The predicted octanol–water partition coefficient (Wildman–Crippen LogP) is 2.83. The Morgan fingerprint density at radius 3 is 2.50 bits per heavy atom. The van der Waals surface area contributed by atoms with Crippen molar-refractivity contribution in [3.8, 4) is 0 Å². The molecule has 3 nitrogen and oxygen atoms in total. The van der Waals surface area contributed by atoms with Crippen LogP contribution in [-0.4, -0.2) is 23.9 Å². The molecule has 1 saturated heterocycles. The highest BCUT2D eigenvalue weighted by atomic mass is 16.1. The first kappa shape index (κ1) is 13.1. The van der Waals surface area contributed by atoms with Gasteiger partial charge in [0.2, 0.25) is 0 Å². The molecule has 1 aliphatic heterocycles. The summed E-state index contributed by atoms with van der Waals surface area (Å²) >= 11 is 0. The molecular weight excluding hydrogens is 224 g/mol. The number of carbonyl (C=O) groups excluding carboxylic acids is 1. The molecule has 2 heterocycles. The number of nitrogens with zero attached hydrogens (tertiary/aromatic N) is 2. The minimum absolute atomic E-state index is 0.166. The average Bonchev–Trinajstić information content (AvgIpc) is 2.39. The predicted molar refractivity (Wildman–Crippen MR) is 73.8 cm³/mol. The standard InChI is InChI=1S/C15H22N2O/c1-11(2)15(18)13-6-8-17(9-7-13)14-5-4-12(3)10-16-14/h4-5,10-11,13H,6-9H2,1-3H3. The van der Waals surface area contributed by atoms with Gasteiger partial charge in [0.1, 0.15) is 11.6 Å². The van der Waals surface area contributed by atoms with Gasteiger partial charge in [-0.2, -0.15) is 0 Å². The normalized spacial score (nSPS) is 17.2. The Balaban J connectivity index is 1.94. The third kappa shape index (κ3) is 2.89. The topological polar surface area (TPSA) is 33.2 Å². The van der Waals surface area contributed by atoms with Crippen molar-refractivity contribution in [1.29, 1.82) is 0 Å². The third-order valence-electron chi connectivity index (χ3n) is 3.69. The van der Waals surface area contributed by atoms with Crippen LogP contribution in [0.25, 0.3) is 0 Å². The molecule has 1 aromatic rings. The molecule has 0 N–H and O–H groups in total. The first-order chi connectivity index (χ1) is 8.58. The molecule has 0 saturated carbocycles. The number of aromatic nitrogens is 1. The van der Waals surface area contributed by atoms with Gasteiger partial charge in [0.05, 0.1) is 0 Å². The fraction of sp³-hybridized carbons (Fsp3) is 0.600. The second-order valence-corrected chi connectivity index (χ2v) is 5.51. The van der Waals surface area contributed by atoms with Gasteiger partial charge in [-0.25, -0.2) is 4.98 Å². The maximum absolute atomic E-state index is 12.0. The number of ketones is 1. The molecule has 0 unspecified atom stereocenters. The van der Waals surface area contributed by atoms with Crippen LogP contribution in [0.1, 0.15) is 32.3 Å². The fourth-order valence-corrected chi connectivity index (χ4v) is 2.51. The average molecular weight is 246 g/mol. The Morgan fingerprint density at radius 1 is 1.33 bits per heavy atom. The van der Waals surface area contributed by atoms with Crippen LogP contribution in [0, 0.1) is 18.8 Å². The lowest BCUT2D eigenvalue weighted by molar-refractivity contribution is -0.126. The summed E-state index contributed by atoms with van der Waals surface area (Å²) in [6.45, 7) is 7.93. The largest absolute Gasteiger partial charge is 0.357 e. The van der Waals surface area contributed by atoms with Gasteiger partial charge in [0.15, 0.2) is 0 Å². The Morgan fingerprint density at radius 2 is 2.00 bits per heavy atom. The SMILES string of the molecule is Cc1ccc(N2CCC(C(=O)C(C)C)CC2)nc1. The smallest absolute Gasteiger partial charge is 0.138 e. The summed E-state index contributed by atoms with van der Waals surface area (Å²) in [5.74, 6) is 1.88. The summed E-state index contributed by atoms with van der Waals surface area (Å²) in [5.41, 5.74) is 1.18. The highest BCUT2D eigenvalue weighted by Gasteiger charge is 2.26. The van der Waals surface area contributed by atoms with Gasteiger partial charge in [0.25, 0.3) is 0 Å². The van der Waals surface area contributed by atoms with Crippen molar-refractivity contribution in [2.45, 2.75) is 33.6 Å². The molecule has 0 aliphatic carbocycles. The molecule has 0 bridgehead atoms. The van der Waals surface area contributed by atoms with E-state index in [9.17, 15) is 4.79 Å². The number of Topliss-reactive ketones (excluding diaryl/α,β-unsaturated/α-hetero) is 1. The van der Waals surface area contributed by atoms with Crippen molar-refractivity contribution >= 4 is 11.6 Å². The van der Waals surface area contributed by atoms with Crippen LogP contribution >= 0.6 is 0 Å². The lowest BCUT2D eigenvalue weighted by atomic mass is 9.87. The molecule has 1 aromatic heterocycles. The van der Waals surface area contributed by atoms with Crippen LogP contribution in [0.5, 0.6) is 0 Å². The molecule has 3 heteroatoms. The Bertz CT molecular complexity index is 403. The number of anilines is 1. The lowest BCUT2D eigenvalue weighted by Crippen LogP contribution is -2.37. The number of hydrogen-bond acceptors (Lipinski definition) is 3. The van der Waals surface area contributed by atoms with E-state index in [-0.39, 0.29) is 11.8 Å². The third-order valence-corrected chi connectivity index (χ3v) is 3.69. The van der Waals surface area contributed by atoms with Crippen LogP contribution in [0.15, 0.2) is 18.3 Å². The van der Waals surface area contributed by atoms with Crippen molar-refractivity contribution in [2.75, 3.05) is 18.0 Å². The maximum atomic E-state index is 12.0. The minimum atomic E-state index is 0.166. The summed E-state index contributed by atoms with van der Waals surface area (Å²) in [5, 5.41) is 0. The second kappa shape index (κ2) is 5.51. The van der Waals surface area contributed by atoms with E-state index in [1.54, 1.807) is 0 Å². The van der Waals surface area contributed by atoms with Gasteiger partial charge in [-0.15, -0.1) is 0 Å². The van der Waals surface area contributed by atoms with E-state index >= 15 is 0 Å². The molecule has 1 fully saturated rings. The number of carbonyl (C=O) groups is 1. The van der Waals surface area contributed by atoms with Crippen LogP contribution < -0.4 is 4.90 Å². The zero-order chi connectivity index (χ0) is 13.1. The fourth-order valence-electron chi connectivity index (χ4n) is 2.51. The van der Waals surface area contributed by atoms with Crippen molar-refractivity contribution < 1.29 is 4.79 Å².